The standard InChI is InChI=1S/C15H20N3O2P/c1-3-20-15(19)10-13(12-7-4-6-11(2)16-12)17-18-9-5-8-14(18)21/h4,6-7,21H,3,5,8-10H2,1-2H3. The SMILES string of the molecule is CCOC(=O)CC(=NN1CCCC1=P)c1cccc(C)n1. The van der Waals surface area contributed by atoms with Gasteiger partial charge in [0.05, 0.1) is 29.9 Å². The van der Waals surface area contributed by atoms with E-state index in [2.05, 4.69) is 18.9 Å². The second-order valence-electron chi connectivity index (χ2n) is 4.87. The zero-order valence-electron chi connectivity index (χ0n) is 12.4. The lowest BCUT2D eigenvalue weighted by molar-refractivity contribution is -0.141. The number of rotatable bonds is 5. The summed E-state index contributed by atoms with van der Waals surface area (Å²) in [4.78, 5) is 16.3. The zero-order valence-corrected chi connectivity index (χ0v) is 13.4. The fraction of sp³-hybridized carbons (Fsp3) is 0.467. The molecule has 5 nitrogen and oxygen atoms in total. The molecule has 0 aliphatic carbocycles. The molecule has 1 aromatic heterocycles. The monoisotopic (exact) mass is 305 g/mol. The van der Waals surface area contributed by atoms with Crippen molar-refractivity contribution in [3.63, 3.8) is 0 Å². The Hall–Kier alpha value is -1.74. The maximum absolute atomic E-state index is 11.8. The number of ether oxygens (including phenoxy) is 1. The second kappa shape index (κ2) is 7.32. The Morgan fingerprint density at radius 2 is 2.33 bits per heavy atom. The van der Waals surface area contributed by atoms with E-state index < -0.39 is 0 Å². The molecule has 1 fully saturated rings. The van der Waals surface area contributed by atoms with E-state index in [1.54, 1.807) is 6.92 Å². The Morgan fingerprint density at radius 3 is 2.95 bits per heavy atom. The van der Waals surface area contributed by atoms with E-state index >= 15 is 0 Å². The van der Waals surface area contributed by atoms with Gasteiger partial charge < -0.3 is 4.74 Å². The van der Waals surface area contributed by atoms with Crippen molar-refractivity contribution in [2.45, 2.75) is 33.1 Å². The van der Waals surface area contributed by atoms with Gasteiger partial charge in [0, 0.05) is 12.2 Å². The van der Waals surface area contributed by atoms with Crippen LogP contribution in [0.3, 0.4) is 0 Å². The van der Waals surface area contributed by atoms with E-state index in [9.17, 15) is 4.79 Å². The van der Waals surface area contributed by atoms with Crippen molar-refractivity contribution >= 4 is 26.0 Å². The summed E-state index contributed by atoms with van der Waals surface area (Å²) in [6, 6.07) is 5.71. The first kappa shape index (κ1) is 15.6. The predicted molar refractivity (Wildman–Crippen MR) is 86.0 cm³/mol. The molecule has 112 valence electrons. The molecule has 1 aromatic rings. The van der Waals surface area contributed by atoms with Gasteiger partial charge >= 0.3 is 5.97 Å². The van der Waals surface area contributed by atoms with Crippen LogP contribution in [0.5, 0.6) is 0 Å². The van der Waals surface area contributed by atoms with Crippen LogP contribution in [0.4, 0.5) is 0 Å². The molecule has 0 saturated carbocycles. The van der Waals surface area contributed by atoms with Gasteiger partial charge in [-0.25, -0.2) is 0 Å². The third-order valence-corrected chi connectivity index (χ3v) is 3.65. The van der Waals surface area contributed by atoms with Crippen LogP contribution in [0.2, 0.25) is 0 Å². The summed E-state index contributed by atoms with van der Waals surface area (Å²) in [7, 11) is 3.57. The first-order valence-electron chi connectivity index (χ1n) is 7.12. The van der Waals surface area contributed by atoms with E-state index in [-0.39, 0.29) is 12.4 Å². The number of hydrogen-bond acceptors (Lipinski definition) is 4. The lowest BCUT2D eigenvalue weighted by Gasteiger charge is -2.15. The molecular formula is C15H20N3O2P. The molecule has 1 aliphatic heterocycles. The topological polar surface area (TPSA) is 54.8 Å². The van der Waals surface area contributed by atoms with Gasteiger partial charge in [0.15, 0.2) is 0 Å². The summed E-state index contributed by atoms with van der Waals surface area (Å²) in [6.07, 6.45) is 2.14. The van der Waals surface area contributed by atoms with E-state index in [0.29, 0.717) is 12.3 Å². The third kappa shape index (κ3) is 4.36. The molecule has 0 bridgehead atoms. The first-order valence-corrected chi connectivity index (χ1v) is 7.62. The number of aryl methyl sites for hydroxylation is 1. The first-order chi connectivity index (χ1) is 10.1. The van der Waals surface area contributed by atoms with Gasteiger partial charge in [-0.1, -0.05) is 14.9 Å². The van der Waals surface area contributed by atoms with Gasteiger partial charge in [-0.05, 0) is 38.8 Å². The smallest absolute Gasteiger partial charge is 0.312 e. The molecule has 1 saturated heterocycles. The number of hydrogen-bond donors (Lipinski definition) is 0. The maximum Gasteiger partial charge on any atom is 0.312 e. The Kier molecular flexibility index (Phi) is 5.45. The van der Waals surface area contributed by atoms with Gasteiger partial charge in [-0.2, -0.15) is 5.10 Å². The highest BCUT2D eigenvalue weighted by atomic mass is 31.0. The minimum absolute atomic E-state index is 0.125. The number of carbonyl (C=O) groups is 1. The number of nitrogens with zero attached hydrogens (tertiary/aromatic N) is 3. The molecule has 0 atom stereocenters. The number of pyridine rings is 1. The molecule has 2 heterocycles. The fourth-order valence-corrected chi connectivity index (χ4v) is 2.48. The molecule has 0 amide bonds. The predicted octanol–water partition coefficient (Wildman–Crippen LogP) is 2.42. The van der Waals surface area contributed by atoms with Crippen molar-refractivity contribution in [2.75, 3.05) is 13.2 Å². The van der Waals surface area contributed by atoms with Gasteiger partial charge in [0.25, 0.3) is 0 Å². The van der Waals surface area contributed by atoms with Crippen LogP contribution in [0, 0.1) is 6.92 Å². The Bertz CT molecular complexity index is 572. The summed E-state index contributed by atoms with van der Waals surface area (Å²) < 4.78 is 5.03. The summed E-state index contributed by atoms with van der Waals surface area (Å²) in [5, 5.41) is 6.48. The van der Waals surface area contributed by atoms with E-state index in [1.165, 1.54) is 0 Å². The molecule has 0 spiro atoms. The van der Waals surface area contributed by atoms with Crippen molar-refractivity contribution in [1.29, 1.82) is 0 Å². The average Bonchev–Trinajstić information content (AvgIpc) is 2.84. The highest BCUT2D eigenvalue weighted by Gasteiger charge is 2.19. The molecule has 0 unspecified atom stereocenters. The Balaban J connectivity index is 2.27. The molecular weight excluding hydrogens is 285 g/mol. The fourth-order valence-electron chi connectivity index (χ4n) is 2.15. The summed E-state index contributed by atoms with van der Waals surface area (Å²) in [6.45, 7) is 4.93. The number of carbonyl (C=O) groups excluding carboxylic acids is 1. The third-order valence-electron chi connectivity index (χ3n) is 3.14. The highest BCUT2D eigenvalue weighted by molar-refractivity contribution is 7.20. The Labute approximate surface area is 127 Å². The van der Waals surface area contributed by atoms with Crippen LogP contribution in [0.25, 0.3) is 0 Å². The molecule has 0 radical (unpaired) electrons. The average molecular weight is 305 g/mol. The van der Waals surface area contributed by atoms with Crippen LogP contribution in [-0.2, 0) is 9.53 Å². The summed E-state index contributed by atoms with van der Waals surface area (Å²) >= 11 is 0. The molecule has 6 heteroatoms. The normalized spacial score (nSPS) is 15.4. The molecule has 0 N–H and O–H groups in total. The van der Waals surface area contributed by atoms with Crippen LogP contribution in [0.15, 0.2) is 23.3 Å². The minimum Gasteiger partial charge on any atom is -0.466 e. The van der Waals surface area contributed by atoms with Gasteiger partial charge in [-0.3, -0.25) is 14.8 Å². The quantitative estimate of drug-likeness (QED) is 0.476. The number of hydrazone groups is 1. The minimum atomic E-state index is -0.283. The van der Waals surface area contributed by atoms with E-state index in [0.717, 1.165) is 36.2 Å². The largest absolute Gasteiger partial charge is 0.466 e. The number of esters is 1. The summed E-state index contributed by atoms with van der Waals surface area (Å²) in [5.41, 5.74) is 3.28. The number of aromatic nitrogens is 1. The second-order valence-corrected chi connectivity index (χ2v) is 5.44. The zero-order chi connectivity index (χ0) is 15.2. The molecule has 0 aromatic carbocycles. The van der Waals surface area contributed by atoms with Crippen LogP contribution in [0.1, 0.15) is 37.6 Å². The van der Waals surface area contributed by atoms with Gasteiger partial charge in [0.1, 0.15) is 0 Å². The van der Waals surface area contributed by atoms with E-state index in [4.69, 9.17) is 4.74 Å². The lowest BCUT2D eigenvalue weighted by Crippen LogP contribution is -2.22. The molecule has 1 aliphatic rings. The molecule has 2 rings (SSSR count). The molecule has 21 heavy (non-hydrogen) atoms. The van der Waals surface area contributed by atoms with Gasteiger partial charge in [0.2, 0.25) is 0 Å². The van der Waals surface area contributed by atoms with Crippen LogP contribution < -0.4 is 0 Å². The van der Waals surface area contributed by atoms with Crippen LogP contribution in [-0.4, -0.2) is 40.2 Å². The Morgan fingerprint density at radius 1 is 1.52 bits per heavy atom. The van der Waals surface area contributed by atoms with Crippen molar-refractivity contribution in [1.82, 2.24) is 9.99 Å². The van der Waals surface area contributed by atoms with Crippen molar-refractivity contribution < 1.29 is 9.53 Å². The van der Waals surface area contributed by atoms with E-state index in [1.807, 2.05) is 30.1 Å². The maximum atomic E-state index is 11.8. The summed E-state index contributed by atoms with van der Waals surface area (Å²) in [5.74, 6) is -0.283. The highest BCUT2D eigenvalue weighted by Crippen LogP contribution is 2.15. The van der Waals surface area contributed by atoms with Gasteiger partial charge in [-0.15, -0.1) is 0 Å². The lowest BCUT2D eigenvalue weighted by atomic mass is 10.1. The van der Waals surface area contributed by atoms with Crippen molar-refractivity contribution in [3.05, 3.63) is 29.6 Å². The van der Waals surface area contributed by atoms with Crippen LogP contribution >= 0.6 is 8.86 Å². The van der Waals surface area contributed by atoms with Crippen molar-refractivity contribution in [3.8, 4) is 0 Å². The van der Waals surface area contributed by atoms with Crippen molar-refractivity contribution in [2.24, 2.45) is 5.10 Å².